The summed E-state index contributed by atoms with van der Waals surface area (Å²) in [7, 11) is 1.82. The molecule has 2 fully saturated rings. The number of piperidine rings is 1. The second-order valence-electron chi connectivity index (χ2n) is 6.55. The van der Waals surface area contributed by atoms with Crippen LogP contribution in [0, 0.1) is 11.8 Å². The average molecular weight is 309 g/mol. The van der Waals surface area contributed by atoms with Crippen molar-refractivity contribution in [1.82, 2.24) is 15.5 Å². The number of primary amides is 1. The Balaban J connectivity index is 1.47. The van der Waals surface area contributed by atoms with Crippen LogP contribution in [0.4, 0.5) is 0 Å². The fourth-order valence-corrected chi connectivity index (χ4v) is 2.89. The van der Waals surface area contributed by atoms with E-state index in [4.69, 9.17) is 5.73 Å². The van der Waals surface area contributed by atoms with E-state index in [1.807, 2.05) is 7.05 Å². The molecule has 0 spiro atoms. The monoisotopic (exact) mass is 309 g/mol. The van der Waals surface area contributed by atoms with Gasteiger partial charge in [-0.25, -0.2) is 0 Å². The van der Waals surface area contributed by atoms with E-state index in [0.29, 0.717) is 0 Å². The number of nitrogens with one attached hydrogen (secondary N) is 2. The van der Waals surface area contributed by atoms with Gasteiger partial charge in [-0.15, -0.1) is 0 Å². The molecule has 22 heavy (non-hydrogen) atoms. The second-order valence-corrected chi connectivity index (χ2v) is 6.55. The summed E-state index contributed by atoms with van der Waals surface area (Å²) in [4.78, 5) is 17.8. The molecule has 1 saturated heterocycles. The Morgan fingerprint density at radius 3 is 2.50 bits per heavy atom. The third-order valence-electron chi connectivity index (χ3n) is 4.66. The first-order valence-electron chi connectivity index (χ1n) is 8.65. The number of amides is 1. The van der Waals surface area contributed by atoms with Gasteiger partial charge in [-0.05, 0) is 64.1 Å². The number of hydrogen-bond donors (Lipinski definition) is 3. The van der Waals surface area contributed by atoms with Crippen LogP contribution in [-0.2, 0) is 4.79 Å². The van der Waals surface area contributed by atoms with Gasteiger partial charge in [-0.3, -0.25) is 9.79 Å². The highest BCUT2D eigenvalue weighted by Gasteiger charge is 2.22. The van der Waals surface area contributed by atoms with Crippen LogP contribution in [0.25, 0.3) is 0 Å². The van der Waals surface area contributed by atoms with Gasteiger partial charge >= 0.3 is 0 Å². The SMILES string of the molecule is CN=C(NCCCCN1CCC(C(N)=O)CC1)NCC1CC1. The van der Waals surface area contributed by atoms with Crippen molar-refractivity contribution < 1.29 is 4.79 Å². The van der Waals surface area contributed by atoms with Crippen molar-refractivity contribution >= 4 is 11.9 Å². The van der Waals surface area contributed by atoms with Crippen LogP contribution in [0.1, 0.15) is 38.5 Å². The maximum atomic E-state index is 11.1. The molecule has 6 heteroatoms. The Kier molecular flexibility index (Phi) is 6.96. The third kappa shape index (κ3) is 6.22. The van der Waals surface area contributed by atoms with E-state index in [1.165, 1.54) is 19.3 Å². The van der Waals surface area contributed by atoms with Crippen LogP contribution in [0.5, 0.6) is 0 Å². The number of hydrogen-bond acceptors (Lipinski definition) is 3. The van der Waals surface area contributed by atoms with E-state index in [9.17, 15) is 4.79 Å². The lowest BCUT2D eigenvalue weighted by molar-refractivity contribution is -0.123. The molecule has 2 aliphatic rings. The zero-order chi connectivity index (χ0) is 15.8. The van der Waals surface area contributed by atoms with Gasteiger partial charge in [-0.1, -0.05) is 0 Å². The number of carbonyl (C=O) groups excluding carboxylic acids is 1. The van der Waals surface area contributed by atoms with Crippen molar-refractivity contribution in [2.75, 3.05) is 39.8 Å². The summed E-state index contributed by atoms with van der Waals surface area (Å²) in [5.41, 5.74) is 5.36. The van der Waals surface area contributed by atoms with Crippen LogP contribution in [0.3, 0.4) is 0 Å². The van der Waals surface area contributed by atoms with E-state index >= 15 is 0 Å². The van der Waals surface area contributed by atoms with E-state index in [1.54, 1.807) is 0 Å². The fourth-order valence-electron chi connectivity index (χ4n) is 2.89. The Morgan fingerprint density at radius 1 is 1.18 bits per heavy atom. The summed E-state index contributed by atoms with van der Waals surface area (Å²) in [6.07, 6.45) is 6.87. The van der Waals surface area contributed by atoms with Gasteiger partial charge in [0.25, 0.3) is 0 Å². The van der Waals surface area contributed by atoms with Crippen molar-refractivity contribution in [1.29, 1.82) is 0 Å². The number of aliphatic imine (C=N–C) groups is 1. The van der Waals surface area contributed by atoms with Crippen molar-refractivity contribution in [3.8, 4) is 0 Å². The molecule has 1 amide bonds. The molecule has 0 bridgehead atoms. The fraction of sp³-hybridized carbons (Fsp3) is 0.875. The lowest BCUT2D eigenvalue weighted by Gasteiger charge is -2.30. The molecule has 1 aliphatic carbocycles. The number of nitrogens with zero attached hydrogens (tertiary/aromatic N) is 2. The summed E-state index contributed by atoms with van der Waals surface area (Å²) < 4.78 is 0. The minimum Gasteiger partial charge on any atom is -0.369 e. The molecule has 1 aliphatic heterocycles. The molecule has 2 rings (SSSR count). The smallest absolute Gasteiger partial charge is 0.220 e. The predicted molar refractivity (Wildman–Crippen MR) is 89.7 cm³/mol. The van der Waals surface area contributed by atoms with Gasteiger partial charge in [0.1, 0.15) is 0 Å². The van der Waals surface area contributed by atoms with Crippen LogP contribution in [-0.4, -0.2) is 56.5 Å². The van der Waals surface area contributed by atoms with Crippen LogP contribution in [0.15, 0.2) is 4.99 Å². The molecule has 126 valence electrons. The first-order valence-corrected chi connectivity index (χ1v) is 8.65. The van der Waals surface area contributed by atoms with Crippen LogP contribution in [0.2, 0.25) is 0 Å². The lowest BCUT2D eigenvalue weighted by Crippen LogP contribution is -2.40. The van der Waals surface area contributed by atoms with Gasteiger partial charge in [-0.2, -0.15) is 0 Å². The first-order chi connectivity index (χ1) is 10.7. The van der Waals surface area contributed by atoms with Crippen molar-refractivity contribution in [2.24, 2.45) is 22.6 Å². The zero-order valence-corrected chi connectivity index (χ0v) is 13.8. The average Bonchev–Trinajstić information content (AvgIpc) is 3.34. The largest absolute Gasteiger partial charge is 0.369 e. The summed E-state index contributed by atoms with van der Waals surface area (Å²) in [5, 5.41) is 6.74. The van der Waals surface area contributed by atoms with E-state index < -0.39 is 0 Å². The molecular formula is C16H31N5O. The minimum absolute atomic E-state index is 0.0961. The Morgan fingerprint density at radius 2 is 1.91 bits per heavy atom. The molecule has 0 unspecified atom stereocenters. The topological polar surface area (TPSA) is 82.8 Å². The highest BCUT2D eigenvalue weighted by Crippen LogP contribution is 2.27. The zero-order valence-electron chi connectivity index (χ0n) is 13.8. The molecule has 0 aromatic rings. The lowest BCUT2D eigenvalue weighted by atomic mass is 9.96. The van der Waals surface area contributed by atoms with Crippen LogP contribution >= 0.6 is 0 Å². The van der Waals surface area contributed by atoms with E-state index in [-0.39, 0.29) is 11.8 Å². The van der Waals surface area contributed by atoms with Crippen molar-refractivity contribution in [3.63, 3.8) is 0 Å². The predicted octanol–water partition coefficient (Wildman–Crippen LogP) is 0.539. The minimum atomic E-state index is -0.131. The number of likely N-dealkylation sites (tertiary alicyclic amines) is 1. The summed E-state index contributed by atoms with van der Waals surface area (Å²) in [6, 6.07) is 0. The second kappa shape index (κ2) is 8.98. The summed E-state index contributed by atoms with van der Waals surface area (Å²) in [5.74, 6) is 1.75. The maximum Gasteiger partial charge on any atom is 0.220 e. The van der Waals surface area contributed by atoms with Gasteiger partial charge in [0.2, 0.25) is 5.91 Å². The quantitative estimate of drug-likeness (QED) is 0.347. The van der Waals surface area contributed by atoms with Crippen LogP contribution < -0.4 is 16.4 Å². The maximum absolute atomic E-state index is 11.1. The summed E-state index contributed by atoms with van der Waals surface area (Å²) >= 11 is 0. The number of nitrogens with two attached hydrogens (primary N) is 1. The molecule has 0 aromatic heterocycles. The normalized spacial score (nSPS) is 20.9. The van der Waals surface area contributed by atoms with E-state index in [2.05, 4.69) is 20.5 Å². The highest BCUT2D eigenvalue weighted by molar-refractivity contribution is 5.79. The molecular weight excluding hydrogens is 278 g/mol. The molecule has 0 atom stereocenters. The highest BCUT2D eigenvalue weighted by atomic mass is 16.1. The third-order valence-corrected chi connectivity index (χ3v) is 4.66. The molecule has 1 saturated carbocycles. The standard InChI is InChI=1S/C16H31N5O/c1-18-16(20-12-13-4-5-13)19-8-2-3-9-21-10-6-14(7-11-21)15(17)22/h13-14H,2-12H2,1H3,(H2,17,22)(H2,18,19,20). The Labute approximate surface area is 133 Å². The number of guanidine groups is 1. The molecule has 1 heterocycles. The number of unbranched alkanes of at least 4 members (excludes halogenated alkanes) is 1. The van der Waals surface area contributed by atoms with Gasteiger partial charge in [0.05, 0.1) is 0 Å². The Hall–Kier alpha value is -1.30. The number of carbonyl (C=O) groups is 1. The van der Waals surface area contributed by atoms with Gasteiger partial charge in [0.15, 0.2) is 5.96 Å². The van der Waals surface area contributed by atoms with Crippen molar-refractivity contribution in [3.05, 3.63) is 0 Å². The molecule has 0 radical (unpaired) electrons. The Bertz CT molecular complexity index is 373. The summed E-state index contributed by atoms with van der Waals surface area (Å²) in [6.45, 7) is 5.13. The molecule has 6 nitrogen and oxygen atoms in total. The van der Waals surface area contributed by atoms with Gasteiger partial charge in [0, 0.05) is 26.1 Å². The molecule has 0 aromatic carbocycles. The van der Waals surface area contributed by atoms with Gasteiger partial charge < -0.3 is 21.3 Å². The molecule has 4 N–H and O–H groups in total. The number of rotatable bonds is 8. The van der Waals surface area contributed by atoms with Crippen molar-refractivity contribution in [2.45, 2.75) is 38.5 Å². The van der Waals surface area contributed by atoms with E-state index in [0.717, 1.165) is 63.9 Å². The first kappa shape index (κ1) is 17.1.